The lowest BCUT2D eigenvalue weighted by Crippen LogP contribution is -2.36. The molecule has 21 heavy (non-hydrogen) atoms. The topological polar surface area (TPSA) is 111 Å². The molecule has 1 aromatic rings. The second kappa shape index (κ2) is 6.38. The van der Waals surface area contributed by atoms with Gasteiger partial charge in [-0.15, -0.1) is 0 Å². The van der Waals surface area contributed by atoms with Crippen molar-refractivity contribution in [3.05, 3.63) is 16.4 Å². The van der Waals surface area contributed by atoms with Crippen LogP contribution in [0.5, 0.6) is 0 Å². The molecule has 0 spiro atoms. The van der Waals surface area contributed by atoms with Gasteiger partial charge < -0.3 is 10.8 Å². The number of hydrogen-bond acceptors (Lipinski definition) is 5. The summed E-state index contributed by atoms with van der Waals surface area (Å²) in [7, 11) is 0. The molecule has 7 nitrogen and oxygen atoms in total. The smallest absolute Gasteiger partial charge is 0.444 e. The van der Waals surface area contributed by atoms with Crippen molar-refractivity contribution in [3.63, 3.8) is 0 Å². The molecule has 0 saturated carbocycles. The number of carbonyl (C=O) groups is 1. The highest BCUT2D eigenvalue weighted by Crippen LogP contribution is 2.34. The van der Waals surface area contributed by atoms with Gasteiger partial charge in [-0.05, 0) is 25.7 Å². The molecule has 0 radical (unpaired) electrons. The van der Waals surface area contributed by atoms with Crippen LogP contribution in [0.1, 0.15) is 50.8 Å². The monoisotopic (exact) mass is 301 g/mol. The molecule has 0 amide bonds. The Balaban J connectivity index is 1.99. The highest BCUT2D eigenvalue weighted by Gasteiger charge is 2.37. The van der Waals surface area contributed by atoms with E-state index < -0.39 is 23.6 Å². The number of aryl methyl sites for hydroxylation is 1. The Labute approximate surface area is 120 Å². The minimum atomic E-state index is -1.80. The molecule has 1 aliphatic rings. The summed E-state index contributed by atoms with van der Waals surface area (Å²) in [6.07, 6.45) is 3.58. The van der Waals surface area contributed by atoms with E-state index in [2.05, 4.69) is 9.68 Å². The molecular formula is C13H20FN3O4. The van der Waals surface area contributed by atoms with Crippen LogP contribution in [0.4, 0.5) is 4.39 Å². The van der Waals surface area contributed by atoms with E-state index in [4.69, 9.17) is 10.8 Å². The fourth-order valence-corrected chi connectivity index (χ4v) is 2.74. The fourth-order valence-electron chi connectivity index (χ4n) is 2.74. The molecule has 118 valence electrons. The number of unbranched alkanes of at least 4 members (excludes halogenated alkanes) is 1. The van der Waals surface area contributed by atoms with Crippen LogP contribution in [0.15, 0.2) is 9.32 Å². The molecule has 0 saturated heterocycles. The zero-order valence-corrected chi connectivity index (χ0v) is 11.8. The van der Waals surface area contributed by atoms with E-state index >= 15 is 4.39 Å². The largest absolute Gasteiger partial charge is 0.480 e. The van der Waals surface area contributed by atoms with E-state index in [0.29, 0.717) is 31.5 Å². The number of carboxylic acid groups (broad SMARTS) is 1. The van der Waals surface area contributed by atoms with Gasteiger partial charge in [-0.2, -0.15) is 0 Å². The van der Waals surface area contributed by atoms with Crippen LogP contribution in [0.2, 0.25) is 0 Å². The number of aliphatic carboxylic acids is 1. The van der Waals surface area contributed by atoms with Crippen molar-refractivity contribution < 1.29 is 18.8 Å². The summed E-state index contributed by atoms with van der Waals surface area (Å²) in [5.41, 5.74) is 5.40. The highest BCUT2D eigenvalue weighted by molar-refractivity contribution is 5.72. The van der Waals surface area contributed by atoms with Gasteiger partial charge in [-0.3, -0.25) is 9.32 Å². The van der Waals surface area contributed by atoms with Gasteiger partial charge in [0.05, 0.1) is 0 Å². The van der Waals surface area contributed by atoms with E-state index in [-0.39, 0.29) is 19.3 Å². The molecule has 8 heteroatoms. The van der Waals surface area contributed by atoms with Crippen LogP contribution in [-0.2, 0) is 17.0 Å². The van der Waals surface area contributed by atoms with Crippen LogP contribution in [0.25, 0.3) is 0 Å². The summed E-state index contributed by atoms with van der Waals surface area (Å²) in [5, 5.41) is 12.3. The molecule has 2 heterocycles. The highest BCUT2D eigenvalue weighted by atomic mass is 19.1. The van der Waals surface area contributed by atoms with Gasteiger partial charge in [-0.1, -0.05) is 11.6 Å². The van der Waals surface area contributed by atoms with Gasteiger partial charge >= 0.3 is 11.7 Å². The van der Waals surface area contributed by atoms with Crippen molar-refractivity contribution >= 4 is 5.97 Å². The second-order valence-corrected chi connectivity index (χ2v) is 5.52. The number of carboxylic acids is 1. The van der Waals surface area contributed by atoms with Gasteiger partial charge in [0.15, 0.2) is 11.6 Å². The lowest BCUT2D eigenvalue weighted by molar-refractivity contribution is -0.138. The summed E-state index contributed by atoms with van der Waals surface area (Å²) in [5.74, 6) is -3.27. The van der Waals surface area contributed by atoms with E-state index in [1.807, 2.05) is 0 Å². The van der Waals surface area contributed by atoms with Crippen LogP contribution in [0, 0.1) is 0 Å². The summed E-state index contributed by atoms with van der Waals surface area (Å²) >= 11 is 0. The molecule has 3 N–H and O–H groups in total. The SMILES string of the molecule is NC(CCCCC1(F)CCCCc2noc(=O)n21)C(=O)O. The first-order valence-electron chi connectivity index (χ1n) is 7.19. The van der Waals surface area contributed by atoms with Crippen molar-refractivity contribution in [2.45, 2.75) is 63.2 Å². The Kier molecular flexibility index (Phi) is 4.76. The third-order valence-corrected chi connectivity index (χ3v) is 3.92. The molecule has 2 atom stereocenters. The van der Waals surface area contributed by atoms with E-state index in [1.165, 1.54) is 0 Å². The molecule has 2 unspecified atom stereocenters. The Morgan fingerprint density at radius 3 is 3.00 bits per heavy atom. The van der Waals surface area contributed by atoms with Crippen molar-refractivity contribution in [1.29, 1.82) is 0 Å². The van der Waals surface area contributed by atoms with Crippen LogP contribution < -0.4 is 11.5 Å². The van der Waals surface area contributed by atoms with Crippen LogP contribution >= 0.6 is 0 Å². The van der Waals surface area contributed by atoms with E-state index in [0.717, 1.165) is 11.0 Å². The number of fused-ring (bicyclic) bond motifs is 1. The summed E-state index contributed by atoms with van der Waals surface area (Å²) in [6, 6.07) is -0.927. The number of halogens is 1. The third kappa shape index (κ3) is 3.49. The first-order valence-corrected chi connectivity index (χ1v) is 7.19. The molecule has 2 rings (SSSR count). The average Bonchev–Trinajstić information content (AvgIpc) is 2.72. The number of rotatable bonds is 6. The van der Waals surface area contributed by atoms with E-state index in [1.54, 1.807) is 0 Å². The van der Waals surface area contributed by atoms with Gasteiger partial charge in [0, 0.05) is 19.3 Å². The number of aromatic nitrogens is 2. The molecule has 0 fully saturated rings. The molecule has 1 aliphatic heterocycles. The molecule has 1 aromatic heterocycles. The summed E-state index contributed by atoms with van der Waals surface area (Å²) < 4.78 is 20.7. The van der Waals surface area contributed by atoms with Crippen molar-refractivity contribution in [2.75, 3.05) is 0 Å². The van der Waals surface area contributed by atoms with Gasteiger partial charge in [-0.25, -0.2) is 13.8 Å². The predicted octanol–water partition coefficient (Wildman–Crippen LogP) is 1.16. The van der Waals surface area contributed by atoms with Gasteiger partial charge in [0.25, 0.3) is 0 Å². The van der Waals surface area contributed by atoms with Crippen molar-refractivity contribution in [2.24, 2.45) is 5.73 Å². The Hall–Kier alpha value is -1.70. The van der Waals surface area contributed by atoms with Crippen LogP contribution in [-0.4, -0.2) is 26.8 Å². The lowest BCUT2D eigenvalue weighted by Gasteiger charge is -2.24. The molecule has 0 aromatic carbocycles. The van der Waals surface area contributed by atoms with E-state index in [9.17, 15) is 9.59 Å². The zero-order valence-electron chi connectivity index (χ0n) is 11.8. The fraction of sp³-hybridized carbons (Fsp3) is 0.769. The maximum absolute atomic E-state index is 15.1. The van der Waals surface area contributed by atoms with Crippen molar-refractivity contribution in [1.82, 2.24) is 9.72 Å². The first kappa shape index (κ1) is 15.7. The molecule has 0 bridgehead atoms. The number of alkyl halides is 1. The second-order valence-electron chi connectivity index (χ2n) is 5.52. The average molecular weight is 301 g/mol. The Bertz CT molecular complexity index is 556. The minimum absolute atomic E-state index is 0.132. The maximum atomic E-state index is 15.1. The summed E-state index contributed by atoms with van der Waals surface area (Å²) in [6.45, 7) is 0. The Morgan fingerprint density at radius 2 is 2.29 bits per heavy atom. The summed E-state index contributed by atoms with van der Waals surface area (Å²) in [4.78, 5) is 22.3. The lowest BCUT2D eigenvalue weighted by atomic mass is 9.99. The minimum Gasteiger partial charge on any atom is -0.480 e. The Morgan fingerprint density at radius 1 is 1.52 bits per heavy atom. The number of hydrogen-bond donors (Lipinski definition) is 2. The predicted molar refractivity (Wildman–Crippen MR) is 71.5 cm³/mol. The van der Waals surface area contributed by atoms with Gasteiger partial charge in [0.2, 0.25) is 0 Å². The molecular weight excluding hydrogens is 281 g/mol. The third-order valence-electron chi connectivity index (χ3n) is 3.92. The standard InChI is InChI=1S/C13H20FN3O4/c14-13(7-3-1-5-9(15)11(18)19)8-4-2-6-10-16-21-12(20)17(10)13/h9H,1-8,15H2,(H,18,19). The first-order chi connectivity index (χ1) is 9.94. The number of nitrogens with two attached hydrogens (primary N) is 1. The van der Waals surface area contributed by atoms with Gasteiger partial charge in [0.1, 0.15) is 6.04 Å². The maximum Gasteiger partial charge on any atom is 0.444 e. The van der Waals surface area contributed by atoms with Crippen molar-refractivity contribution in [3.8, 4) is 0 Å². The zero-order chi connectivity index (χ0) is 15.5. The molecule has 0 aliphatic carbocycles. The quantitative estimate of drug-likeness (QED) is 0.763. The van der Waals surface area contributed by atoms with Crippen LogP contribution in [0.3, 0.4) is 0 Å². The normalized spacial score (nSPS) is 23.3. The number of nitrogens with zero attached hydrogens (tertiary/aromatic N) is 2.